The van der Waals surface area contributed by atoms with E-state index in [9.17, 15) is 4.39 Å². The molecule has 0 heterocycles. The molecule has 1 fully saturated rings. The Kier molecular flexibility index (Phi) is 6.41. The highest BCUT2D eigenvalue weighted by Gasteiger charge is 2.21. The zero-order valence-electron chi connectivity index (χ0n) is 7.14. The first kappa shape index (κ1) is 11.9. The number of hydrogen-bond donors (Lipinski definition) is 2. The quantitative estimate of drug-likeness (QED) is 0.460. The maximum Gasteiger partial charge on any atom is 0.191 e. The van der Waals surface area contributed by atoms with Crippen molar-refractivity contribution >= 4 is 29.9 Å². The van der Waals surface area contributed by atoms with Gasteiger partial charge >= 0.3 is 0 Å². The van der Waals surface area contributed by atoms with Crippen LogP contribution in [0.1, 0.15) is 12.8 Å². The second-order valence-electron chi connectivity index (χ2n) is 2.61. The van der Waals surface area contributed by atoms with Crippen molar-refractivity contribution in [1.29, 1.82) is 0 Å². The maximum atomic E-state index is 11.7. The van der Waals surface area contributed by atoms with E-state index in [1.165, 1.54) is 12.8 Å². The van der Waals surface area contributed by atoms with Crippen molar-refractivity contribution in [3.05, 3.63) is 0 Å². The fourth-order valence-electron chi connectivity index (χ4n) is 0.781. The minimum absolute atomic E-state index is 0. The summed E-state index contributed by atoms with van der Waals surface area (Å²) >= 11 is 0. The summed E-state index contributed by atoms with van der Waals surface area (Å²) in [4.78, 5) is 3.93. The molecule has 0 unspecified atom stereocenters. The van der Waals surface area contributed by atoms with Crippen molar-refractivity contribution in [3.8, 4) is 0 Å². The molecule has 1 aliphatic carbocycles. The number of guanidine groups is 1. The summed E-state index contributed by atoms with van der Waals surface area (Å²) in [5.41, 5.74) is 0. The molecule has 1 saturated carbocycles. The van der Waals surface area contributed by atoms with Gasteiger partial charge in [-0.2, -0.15) is 0 Å². The first-order valence-corrected chi connectivity index (χ1v) is 3.90. The zero-order valence-corrected chi connectivity index (χ0v) is 9.47. The van der Waals surface area contributed by atoms with Crippen LogP contribution in [0, 0.1) is 0 Å². The highest BCUT2D eigenvalue weighted by Crippen LogP contribution is 2.18. The number of alkyl halides is 1. The summed E-state index contributed by atoms with van der Waals surface area (Å²) in [6.07, 6.45) is 2.41. The molecule has 12 heavy (non-hydrogen) atoms. The largest absolute Gasteiger partial charge is 0.354 e. The maximum absolute atomic E-state index is 11.7. The van der Waals surface area contributed by atoms with Crippen LogP contribution < -0.4 is 10.6 Å². The Hall–Kier alpha value is -0.0700. The van der Waals surface area contributed by atoms with Gasteiger partial charge in [-0.25, -0.2) is 4.39 Å². The molecule has 0 saturated heterocycles. The number of halogens is 2. The number of nitrogens with zero attached hydrogens (tertiary/aromatic N) is 1. The van der Waals surface area contributed by atoms with Gasteiger partial charge in [-0.3, -0.25) is 4.99 Å². The summed E-state index contributed by atoms with van der Waals surface area (Å²) in [6, 6.07) is 0.570. The van der Waals surface area contributed by atoms with Gasteiger partial charge in [0, 0.05) is 19.6 Å². The van der Waals surface area contributed by atoms with E-state index in [0.717, 1.165) is 0 Å². The van der Waals surface area contributed by atoms with E-state index in [1.807, 2.05) is 0 Å². The van der Waals surface area contributed by atoms with Crippen LogP contribution in [-0.2, 0) is 0 Å². The summed E-state index contributed by atoms with van der Waals surface area (Å²) in [7, 11) is 1.69. The summed E-state index contributed by atoms with van der Waals surface area (Å²) in [5.74, 6) is 0.713. The van der Waals surface area contributed by atoms with Crippen LogP contribution in [-0.4, -0.2) is 32.3 Å². The van der Waals surface area contributed by atoms with E-state index in [2.05, 4.69) is 15.6 Å². The molecule has 3 nitrogen and oxygen atoms in total. The Morgan fingerprint density at radius 1 is 1.58 bits per heavy atom. The molecule has 0 bridgehead atoms. The van der Waals surface area contributed by atoms with E-state index in [-0.39, 0.29) is 30.7 Å². The van der Waals surface area contributed by atoms with Crippen LogP contribution in [0.5, 0.6) is 0 Å². The first-order valence-electron chi connectivity index (χ1n) is 3.90. The molecule has 0 atom stereocenters. The molecule has 1 aliphatic rings. The molecule has 0 aromatic rings. The number of rotatable bonds is 3. The molecule has 2 N–H and O–H groups in total. The number of hydrogen-bond acceptors (Lipinski definition) is 1. The Labute approximate surface area is 89.2 Å². The van der Waals surface area contributed by atoms with Gasteiger partial charge in [0.2, 0.25) is 0 Å². The monoisotopic (exact) mass is 287 g/mol. The Bertz CT molecular complexity index is 148. The second kappa shape index (κ2) is 6.45. The third-order valence-corrected chi connectivity index (χ3v) is 1.53. The summed E-state index contributed by atoms with van der Waals surface area (Å²) in [5, 5.41) is 6.00. The highest BCUT2D eigenvalue weighted by atomic mass is 127. The van der Waals surface area contributed by atoms with E-state index in [4.69, 9.17) is 0 Å². The van der Waals surface area contributed by atoms with Crippen LogP contribution in [0.2, 0.25) is 0 Å². The SMILES string of the molecule is CN=C(NCCF)NC1CC1.I. The van der Waals surface area contributed by atoms with Gasteiger partial charge in [-0.1, -0.05) is 0 Å². The second-order valence-corrected chi connectivity index (χ2v) is 2.61. The molecule has 0 aliphatic heterocycles. The van der Waals surface area contributed by atoms with Crippen molar-refractivity contribution in [3.63, 3.8) is 0 Å². The molecular weight excluding hydrogens is 272 g/mol. The van der Waals surface area contributed by atoms with E-state index < -0.39 is 0 Å². The Morgan fingerprint density at radius 2 is 2.25 bits per heavy atom. The van der Waals surface area contributed by atoms with Crippen LogP contribution >= 0.6 is 24.0 Å². The standard InChI is InChI=1S/C7H14FN3.HI/c1-9-7(10-5-4-8)11-6-2-3-6;/h6H,2-5H2,1H3,(H2,9,10,11);1H. The molecular formula is C7H15FIN3. The van der Waals surface area contributed by atoms with Crippen molar-refractivity contribution in [2.45, 2.75) is 18.9 Å². The van der Waals surface area contributed by atoms with E-state index in [0.29, 0.717) is 18.5 Å². The number of aliphatic imine (C=N–C) groups is 1. The van der Waals surface area contributed by atoms with Gasteiger partial charge in [0.25, 0.3) is 0 Å². The van der Waals surface area contributed by atoms with E-state index >= 15 is 0 Å². The minimum atomic E-state index is -0.356. The third-order valence-electron chi connectivity index (χ3n) is 1.53. The summed E-state index contributed by atoms with van der Waals surface area (Å²) in [6.45, 7) is -0.0161. The van der Waals surface area contributed by atoms with E-state index in [1.54, 1.807) is 7.05 Å². The van der Waals surface area contributed by atoms with Crippen LogP contribution in [0.25, 0.3) is 0 Å². The predicted molar refractivity (Wildman–Crippen MR) is 58.9 cm³/mol. The lowest BCUT2D eigenvalue weighted by atomic mass is 10.6. The van der Waals surface area contributed by atoms with Gasteiger partial charge in [0.05, 0.1) is 0 Å². The van der Waals surface area contributed by atoms with Crippen LogP contribution in [0.15, 0.2) is 4.99 Å². The van der Waals surface area contributed by atoms with Gasteiger partial charge in [-0.15, -0.1) is 24.0 Å². The lowest BCUT2D eigenvalue weighted by Gasteiger charge is -2.08. The fraction of sp³-hybridized carbons (Fsp3) is 0.857. The smallest absolute Gasteiger partial charge is 0.191 e. The van der Waals surface area contributed by atoms with Gasteiger partial charge < -0.3 is 10.6 Å². The average molecular weight is 287 g/mol. The molecule has 0 amide bonds. The van der Waals surface area contributed by atoms with Gasteiger partial charge in [0.1, 0.15) is 6.67 Å². The normalized spacial score (nSPS) is 16.7. The molecule has 0 aromatic heterocycles. The molecule has 0 aromatic carbocycles. The zero-order chi connectivity index (χ0) is 8.10. The van der Waals surface area contributed by atoms with Gasteiger partial charge in [0.15, 0.2) is 5.96 Å². The molecule has 5 heteroatoms. The molecule has 72 valence electrons. The lowest BCUT2D eigenvalue weighted by Crippen LogP contribution is -2.39. The molecule has 1 rings (SSSR count). The fourth-order valence-corrected chi connectivity index (χ4v) is 0.781. The van der Waals surface area contributed by atoms with Crippen LogP contribution in [0.4, 0.5) is 4.39 Å². The Morgan fingerprint density at radius 3 is 2.67 bits per heavy atom. The molecule has 0 radical (unpaired) electrons. The molecule has 0 spiro atoms. The van der Waals surface area contributed by atoms with Crippen LogP contribution in [0.3, 0.4) is 0 Å². The van der Waals surface area contributed by atoms with Crippen molar-refractivity contribution in [2.24, 2.45) is 4.99 Å². The highest BCUT2D eigenvalue weighted by molar-refractivity contribution is 14.0. The van der Waals surface area contributed by atoms with Crippen molar-refractivity contribution in [2.75, 3.05) is 20.3 Å². The Balaban J connectivity index is 0.00000121. The lowest BCUT2D eigenvalue weighted by molar-refractivity contribution is 0.489. The summed E-state index contributed by atoms with van der Waals surface area (Å²) < 4.78 is 11.7. The van der Waals surface area contributed by atoms with Crippen molar-refractivity contribution < 1.29 is 4.39 Å². The minimum Gasteiger partial charge on any atom is -0.354 e. The average Bonchev–Trinajstić information content (AvgIpc) is 2.81. The predicted octanol–water partition coefficient (Wildman–Crippen LogP) is 0.901. The third kappa shape index (κ3) is 4.74. The first-order chi connectivity index (χ1) is 5.36. The number of nitrogens with one attached hydrogen (secondary N) is 2. The topological polar surface area (TPSA) is 36.4 Å². The van der Waals surface area contributed by atoms with Crippen molar-refractivity contribution in [1.82, 2.24) is 10.6 Å². The van der Waals surface area contributed by atoms with Gasteiger partial charge in [-0.05, 0) is 12.8 Å².